The highest BCUT2D eigenvalue weighted by Gasteiger charge is 2.19. The number of fused-ring (bicyclic) bond motifs is 1. The molecule has 0 atom stereocenters. The molecule has 1 aliphatic rings. The third-order valence-electron chi connectivity index (χ3n) is 2.17. The summed E-state index contributed by atoms with van der Waals surface area (Å²) >= 11 is 0. The van der Waals surface area contributed by atoms with E-state index in [4.69, 9.17) is 0 Å². The van der Waals surface area contributed by atoms with E-state index in [-0.39, 0.29) is 11.6 Å². The van der Waals surface area contributed by atoms with E-state index in [1.807, 2.05) is 26.8 Å². The summed E-state index contributed by atoms with van der Waals surface area (Å²) in [5.74, 6) is -0.161. The Morgan fingerprint density at radius 1 is 0.933 bits per heavy atom. The lowest BCUT2D eigenvalue weighted by atomic mass is 9.91. The van der Waals surface area contributed by atoms with Gasteiger partial charge in [0.2, 0.25) is 0 Å². The van der Waals surface area contributed by atoms with Gasteiger partial charge in [-0.2, -0.15) is 0 Å². The minimum Gasteiger partial charge on any atom is -0.289 e. The lowest BCUT2D eigenvalue weighted by Crippen LogP contribution is -2.12. The number of hydrogen-bond donors (Lipinski definition) is 0. The number of allylic oxidation sites excluding steroid dienone is 2. The molecule has 15 heavy (non-hydrogen) atoms. The first-order valence-electron chi connectivity index (χ1n) is 5.06. The van der Waals surface area contributed by atoms with E-state index in [1.165, 1.54) is 12.2 Å². The quantitative estimate of drug-likeness (QED) is 0.648. The van der Waals surface area contributed by atoms with Crippen molar-refractivity contribution >= 4 is 11.6 Å². The summed E-state index contributed by atoms with van der Waals surface area (Å²) in [7, 11) is 0. The first kappa shape index (κ1) is 11.4. The van der Waals surface area contributed by atoms with E-state index < -0.39 is 0 Å². The van der Waals surface area contributed by atoms with E-state index in [2.05, 4.69) is 0 Å². The third kappa shape index (κ3) is 2.04. The van der Waals surface area contributed by atoms with Crippen molar-refractivity contribution in [2.24, 2.45) is 0 Å². The van der Waals surface area contributed by atoms with Gasteiger partial charge in [0, 0.05) is 11.1 Å². The molecular weight excluding hydrogens is 188 g/mol. The van der Waals surface area contributed by atoms with Crippen LogP contribution in [0.5, 0.6) is 0 Å². The summed E-state index contributed by atoms with van der Waals surface area (Å²) in [6, 6.07) is 5.31. The molecule has 0 N–H and O–H groups in total. The molecule has 0 saturated carbocycles. The van der Waals surface area contributed by atoms with E-state index >= 15 is 0 Å². The molecule has 0 unspecified atom stereocenters. The summed E-state index contributed by atoms with van der Waals surface area (Å²) in [4.78, 5) is 22.8. The smallest absolute Gasteiger partial charge is 0.186 e. The first-order valence-corrected chi connectivity index (χ1v) is 5.06. The van der Waals surface area contributed by atoms with Crippen molar-refractivity contribution in [2.45, 2.75) is 20.8 Å². The Labute approximate surface area is 89.6 Å². The van der Waals surface area contributed by atoms with Crippen LogP contribution in [0.4, 0.5) is 0 Å². The van der Waals surface area contributed by atoms with E-state index in [1.54, 1.807) is 12.1 Å². The molecule has 0 fully saturated rings. The lowest BCUT2D eigenvalue weighted by molar-refractivity contribution is 0.0993. The van der Waals surface area contributed by atoms with Crippen molar-refractivity contribution in [3.05, 3.63) is 47.0 Å². The zero-order valence-corrected chi connectivity index (χ0v) is 9.20. The van der Waals surface area contributed by atoms with Gasteiger partial charge in [-0.3, -0.25) is 9.59 Å². The fourth-order valence-electron chi connectivity index (χ4n) is 1.52. The largest absolute Gasteiger partial charge is 0.289 e. The van der Waals surface area contributed by atoms with Crippen LogP contribution < -0.4 is 0 Å². The SMILES string of the molecule is CC.Cc1cccc2c1C(=O)C=CC2=O. The molecule has 1 aromatic carbocycles. The van der Waals surface area contributed by atoms with E-state index in [9.17, 15) is 9.59 Å². The molecule has 1 aliphatic carbocycles. The Balaban J connectivity index is 0.000000531. The van der Waals surface area contributed by atoms with Gasteiger partial charge in [-0.15, -0.1) is 0 Å². The molecular formula is C13H14O2. The van der Waals surface area contributed by atoms with Crippen LogP contribution in [0.3, 0.4) is 0 Å². The fourth-order valence-corrected chi connectivity index (χ4v) is 1.52. The van der Waals surface area contributed by atoms with Crippen LogP contribution in [0.25, 0.3) is 0 Å². The Kier molecular flexibility index (Phi) is 3.56. The van der Waals surface area contributed by atoms with Crippen LogP contribution in [-0.4, -0.2) is 11.6 Å². The van der Waals surface area contributed by atoms with Crippen molar-refractivity contribution < 1.29 is 9.59 Å². The van der Waals surface area contributed by atoms with Gasteiger partial charge in [0.1, 0.15) is 0 Å². The van der Waals surface area contributed by atoms with Gasteiger partial charge in [0.05, 0.1) is 0 Å². The summed E-state index contributed by atoms with van der Waals surface area (Å²) in [5, 5.41) is 0. The van der Waals surface area contributed by atoms with Crippen molar-refractivity contribution in [2.75, 3.05) is 0 Å². The minimum absolute atomic E-state index is 0.0762. The molecule has 0 spiro atoms. The highest BCUT2D eigenvalue weighted by atomic mass is 16.1. The van der Waals surface area contributed by atoms with Gasteiger partial charge in [0.15, 0.2) is 11.6 Å². The maximum absolute atomic E-state index is 11.4. The highest BCUT2D eigenvalue weighted by molar-refractivity contribution is 6.22. The lowest BCUT2D eigenvalue weighted by Gasteiger charge is -2.10. The van der Waals surface area contributed by atoms with Gasteiger partial charge < -0.3 is 0 Å². The first-order chi connectivity index (χ1) is 7.20. The van der Waals surface area contributed by atoms with Crippen LogP contribution in [0, 0.1) is 6.92 Å². The predicted molar refractivity (Wildman–Crippen MR) is 60.3 cm³/mol. The molecule has 2 nitrogen and oxygen atoms in total. The molecule has 0 saturated heterocycles. The van der Waals surface area contributed by atoms with Crippen LogP contribution >= 0.6 is 0 Å². The standard InChI is InChI=1S/C11H8O2.C2H6/c1-7-3-2-4-8-9(12)5-6-10(13)11(7)8;1-2/h2-6H,1H3;1-2H3. The van der Waals surface area contributed by atoms with Crippen molar-refractivity contribution in [3.8, 4) is 0 Å². The van der Waals surface area contributed by atoms with Gasteiger partial charge in [-0.05, 0) is 24.6 Å². The van der Waals surface area contributed by atoms with E-state index in [0.717, 1.165) is 5.56 Å². The fraction of sp³-hybridized carbons (Fsp3) is 0.231. The number of rotatable bonds is 0. The maximum atomic E-state index is 11.4. The number of benzene rings is 1. The van der Waals surface area contributed by atoms with Gasteiger partial charge in [-0.1, -0.05) is 32.0 Å². The number of carbonyl (C=O) groups excluding carboxylic acids is 2. The predicted octanol–water partition coefficient (Wildman–Crippen LogP) is 2.96. The molecule has 0 heterocycles. The van der Waals surface area contributed by atoms with Crippen molar-refractivity contribution in [1.29, 1.82) is 0 Å². The maximum Gasteiger partial charge on any atom is 0.186 e. The molecule has 0 radical (unpaired) electrons. The molecule has 1 aromatic rings. The molecule has 0 amide bonds. The minimum atomic E-state index is -0.0849. The van der Waals surface area contributed by atoms with Gasteiger partial charge >= 0.3 is 0 Å². The summed E-state index contributed by atoms with van der Waals surface area (Å²) in [5.41, 5.74) is 1.93. The van der Waals surface area contributed by atoms with Crippen LogP contribution in [0.15, 0.2) is 30.4 Å². The zero-order valence-electron chi connectivity index (χ0n) is 9.20. The Hall–Kier alpha value is -1.70. The number of aryl methyl sites for hydroxylation is 1. The van der Waals surface area contributed by atoms with Crippen LogP contribution in [0.1, 0.15) is 40.1 Å². The van der Waals surface area contributed by atoms with Crippen molar-refractivity contribution in [1.82, 2.24) is 0 Å². The Morgan fingerprint density at radius 2 is 1.53 bits per heavy atom. The average molecular weight is 202 g/mol. The summed E-state index contributed by atoms with van der Waals surface area (Å²) in [6.45, 7) is 5.84. The third-order valence-corrected chi connectivity index (χ3v) is 2.17. The molecule has 78 valence electrons. The molecule has 2 heteroatoms. The second-order valence-corrected chi connectivity index (χ2v) is 3.06. The van der Waals surface area contributed by atoms with Gasteiger partial charge in [0.25, 0.3) is 0 Å². The molecule has 2 rings (SSSR count). The van der Waals surface area contributed by atoms with E-state index in [0.29, 0.717) is 11.1 Å². The number of hydrogen-bond acceptors (Lipinski definition) is 2. The number of carbonyl (C=O) groups is 2. The monoisotopic (exact) mass is 202 g/mol. The summed E-state index contributed by atoms with van der Waals surface area (Å²) < 4.78 is 0. The highest BCUT2D eigenvalue weighted by Crippen LogP contribution is 2.19. The Bertz CT molecular complexity index is 428. The normalized spacial score (nSPS) is 13.0. The zero-order chi connectivity index (χ0) is 11.4. The Morgan fingerprint density at radius 3 is 2.13 bits per heavy atom. The van der Waals surface area contributed by atoms with Gasteiger partial charge in [-0.25, -0.2) is 0 Å². The van der Waals surface area contributed by atoms with Crippen molar-refractivity contribution in [3.63, 3.8) is 0 Å². The average Bonchev–Trinajstić information content (AvgIpc) is 2.26. The second-order valence-electron chi connectivity index (χ2n) is 3.06. The summed E-state index contributed by atoms with van der Waals surface area (Å²) in [6.07, 6.45) is 2.65. The second kappa shape index (κ2) is 4.69. The van der Waals surface area contributed by atoms with Crippen LogP contribution in [-0.2, 0) is 0 Å². The molecule has 0 bridgehead atoms. The number of ketones is 2. The molecule has 0 aromatic heterocycles. The molecule has 0 aliphatic heterocycles. The van der Waals surface area contributed by atoms with Crippen LogP contribution in [0.2, 0.25) is 0 Å². The topological polar surface area (TPSA) is 34.1 Å².